The summed E-state index contributed by atoms with van der Waals surface area (Å²) in [4.78, 5) is 6.92. The molecule has 2 rings (SSSR count). The zero-order chi connectivity index (χ0) is 11.4. The van der Waals surface area contributed by atoms with Gasteiger partial charge in [0.15, 0.2) is 0 Å². The first-order valence-electron chi connectivity index (χ1n) is 5.51. The van der Waals surface area contributed by atoms with Crippen LogP contribution in [0.3, 0.4) is 0 Å². The summed E-state index contributed by atoms with van der Waals surface area (Å²) in [6, 6.07) is 6.52. The van der Waals surface area contributed by atoms with Gasteiger partial charge >= 0.3 is 0 Å². The second kappa shape index (κ2) is 5.23. The van der Waals surface area contributed by atoms with E-state index in [9.17, 15) is 0 Å². The molecule has 0 aliphatic carbocycles. The van der Waals surface area contributed by atoms with Crippen LogP contribution in [0.5, 0.6) is 0 Å². The van der Waals surface area contributed by atoms with Gasteiger partial charge in [0, 0.05) is 34.3 Å². The van der Waals surface area contributed by atoms with E-state index in [1.54, 1.807) is 0 Å². The molecule has 0 spiro atoms. The predicted octanol–water partition coefficient (Wildman–Crippen LogP) is 3.23. The molecule has 0 aliphatic heterocycles. The van der Waals surface area contributed by atoms with Crippen molar-refractivity contribution in [2.45, 2.75) is 20.4 Å². The third-order valence-electron chi connectivity index (χ3n) is 2.40. The number of nitrogens with zero attached hydrogens (tertiary/aromatic N) is 1. The van der Waals surface area contributed by atoms with Crippen LogP contribution in [0.4, 0.5) is 0 Å². The number of thiophene rings is 1. The molecule has 0 aromatic carbocycles. The highest BCUT2D eigenvalue weighted by atomic mass is 32.1. The second-order valence-corrected chi connectivity index (χ2v) is 5.06. The number of pyridine rings is 1. The summed E-state index contributed by atoms with van der Waals surface area (Å²) in [6.07, 6.45) is 3.85. The van der Waals surface area contributed by atoms with Gasteiger partial charge in [-0.1, -0.05) is 6.92 Å². The van der Waals surface area contributed by atoms with Gasteiger partial charge in [0.05, 0.1) is 0 Å². The third-order valence-corrected chi connectivity index (χ3v) is 3.45. The molecule has 2 aromatic heterocycles. The lowest BCUT2D eigenvalue weighted by Gasteiger charge is -2.03. The molecule has 0 saturated carbocycles. The lowest BCUT2D eigenvalue weighted by molar-refractivity contribution is 0.724. The van der Waals surface area contributed by atoms with Crippen LogP contribution in [0.25, 0.3) is 10.4 Å². The van der Waals surface area contributed by atoms with Crippen LogP contribution in [0.15, 0.2) is 30.6 Å². The van der Waals surface area contributed by atoms with E-state index in [-0.39, 0.29) is 0 Å². The Morgan fingerprint density at radius 1 is 1.31 bits per heavy atom. The fourth-order valence-electron chi connectivity index (χ4n) is 1.58. The van der Waals surface area contributed by atoms with Crippen LogP contribution in [0.2, 0.25) is 0 Å². The number of aromatic nitrogens is 1. The summed E-state index contributed by atoms with van der Waals surface area (Å²) in [5.41, 5.74) is 2.46. The van der Waals surface area contributed by atoms with Gasteiger partial charge in [0.2, 0.25) is 0 Å². The van der Waals surface area contributed by atoms with Crippen molar-refractivity contribution < 1.29 is 0 Å². The maximum atomic E-state index is 4.29. The molecule has 84 valence electrons. The van der Waals surface area contributed by atoms with E-state index in [2.05, 4.69) is 42.3 Å². The highest BCUT2D eigenvalue weighted by molar-refractivity contribution is 7.15. The molecule has 0 unspecified atom stereocenters. The molecule has 0 fully saturated rings. The zero-order valence-electron chi connectivity index (χ0n) is 9.66. The van der Waals surface area contributed by atoms with Gasteiger partial charge in [-0.2, -0.15) is 0 Å². The second-order valence-electron chi connectivity index (χ2n) is 3.77. The number of hydrogen-bond donors (Lipinski definition) is 1. The van der Waals surface area contributed by atoms with Crippen molar-refractivity contribution in [2.75, 3.05) is 6.54 Å². The van der Waals surface area contributed by atoms with Crippen LogP contribution >= 0.6 is 11.3 Å². The average Bonchev–Trinajstić information content (AvgIpc) is 2.74. The normalized spacial score (nSPS) is 10.6. The Kier molecular flexibility index (Phi) is 3.70. The van der Waals surface area contributed by atoms with Crippen LogP contribution in [-0.2, 0) is 6.54 Å². The largest absolute Gasteiger partial charge is 0.313 e. The molecule has 0 radical (unpaired) electrons. The maximum Gasteiger partial charge on any atom is 0.0361 e. The molecule has 3 heteroatoms. The quantitative estimate of drug-likeness (QED) is 0.875. The molecule has 0 saturated heterocycles. The van der Waals surface area contributed by atoms with Crippen molar-refractivity contribution in [3.63, 3.8) is 0 Å². The zero-order valence-corrected chi connectivity index (χ0v) is 10.5. The molecule has 2 aromatic rings. The lowest BCUT2D eigenvalue weighted by atomic mass is 10.2. The smallest absolute Gasteiger partial charge is 0.0361 e. The molecule has 0 amide bonds. The van der Waals surface area contributed by atoms with E-state index >= 15 is 0 Å². The summed E-state index contributed by atoms with van der Waals surface area (Å²) < 4.78 is 0. The number of nitrogens with one attached hydrogen (secondary N) is 1. The van der Waals surface area contributed by atoms with E-state index in [0.29, 0.717) is 0 Å². The van der Waals surface area contributed by atoms with Gasteiger partial charge in [-0.3, -0.25) is 4.98 Å². The van der Waals surface area contributed by atoms with Gasteiger partial charge < -0.3 is 5.32 Å². The molecule has 0 atom stereocenters. The predicted molar refractivity (Wildman–Crippen MR) is 69.7 cm³/mol. The van der Waals surface area contributed by atoms with E-state index in [0.717, 1.165) is 13.1 Å². The van der Waals surface area contributed by atoms with E-state index in [4.69, 9.17) is 0 Å². The van der Waals surface area contributed by atoms with Crippen molar-refractivity contribution in [2.24, 2.45) is 0 Å². The molecule has 1 N–H and O–H groups in total. The van der Waals surface area contributed by atoms with Crippen molar-refractivity contribution in [3.8, 4) is 10.4 Å². The van der Waals surface area contributed by atoms with Gasteiger partial charge in [-0.15, -0.1) is 11.3 Å². The lowest BCUT2D eigenvalue weighted by Crippen LogP contribution is -2.11. The Bertz CT molecular complexity index is 462. The van der Waals surface area contributed by atoms with Crippen molar-refractivity contribution in [1.29, 1.82) is 0 Å². The Balaban J connectivity index is 2.22. The summed E-state index contributed by atoms with van der Waals surface area (Å²) in [6.45, 7) is 6.12. The van der Waals surface area contributed by atoms with Crippen LogP contribution < -0.4 is 5.32 Å². The standard InChI is InChI=1S/C13H16N2S/c1-3-14-7-11-6-12(9-15-8-11)13-5-4-10(2)16-13/h4-6,8-9,14H,3,7H2,1-2H3. The highest BCUT2D eigenvalue weighted by Crippen LogP contribution is 2.27. The van der Waals surface area contributed by atoms with Gasteiger partial charge in [0.25, 0.3) is 0 Å². The minimum Gasteiger partial charge on any atom is -0.313 e. The Hall–Kier alpha value is -1.19. The monoisotopic (exact) mass is 232 g/mol. The van der Waals surface area contributed by atoms with E-state index in [1.807, 2.05) is 23.7 Å². The van der Waals surface area contributed by atoms with Crippen LogP contribution in [-0.4, -0.2) is 11.5 Å². The molecular weight excluding hydrogens is 216 g/mol. The van der Waals surface area contributed by atoms with Gasteiger partial charge in [-0.25, -0.2) is 0 Å². The number of hydrogen-bond acceptors (Lipinski definition) is 3. The average molecular weight is 232 g/mol. The van der Waals surface area contributed by atoms with Crippen molar-refractivity contribution in [1.82, 2.24) is 10.3 Å². The topological polar surface area (TPSA) is 24.9 Å². The summed E-state index contributed by atoms with van der Waals surface area (Å²) >= 11 is 1.81. The summed E-state index contributed by atoms with van der Waals surface area (Å²) in [5, 5.41) is 3.31. The Labute approximate surface area is 100 Å². The molecule has 0 aliphatic rings. The maximum absolute atomic E-state index is 4.29. The van der Waals surface area contributed by atoms with Crippen LogP contribution in [0, 0.1) is 6.92 Å². The highest BCUT2D eigenvalue weighted by Gasteiger charge is 2.02. The fourth-order valence-corrected chi connectivity index (χ4v) is 2.43. The first kappa shape index (κ1) is 11.3. The molecule has 2 heterocycles. The molecule has 16 heavy (non-hydrogen) atoms. The van der Waals surface area contributed by atoms with Gasteiger partial charge in [0.1, 0.15) is 0 Å². The van der Waals surface area contributed by atoms with Crippen LogP contribution in [0.1, 0.15) is 17.4 Å². The molecular formula is C13H16N2S. The first-order valence-corrected chi connectivity index (χ1v) is 6.32. The SMILES string of the molecule is CCNCc1cncc(-c2ccc(C)s2)c1. The summed E-state index contributed by atoms with van der Waals surface area (Å²) in [7, 11) is 0. The number of rotatable bonds is 4. The molecule has 2 nitrogen and oxygen atoms in total. The minimum absolute atomic E-state index is 0.891. The van der Waals surface area contributed by atoms with E-state index < -0.39 is 0 Å². The van der Waals surface area contributed by atoms with Crippen molar-refractivity contribution >= 4 is 11.3 Å². The summed E-state index contributed by atoms with van der Waals surface area (Å²) in [5.74, 6) is 0. The third kappa shape index (κ3) is 2.68. The van der Waals surface area contributed by atoms with Crippen molar-refractivity contribution in [3.05, 3.63) is 41.0 Å². The minimum atomic E-state index is 0.891. The Morgan fingerprint density at radius 3 is 2.88 bits per heavy atom. The van der Waals surface area contributed by atoms with E-state index in [1.165, 1.54) is 20.9 Å². The van der Waals surface area contributed by atoms with Gasteiger partial charge in [-0.05, 0) is 37.2 Å². The number of aryl methyl sites for hydroxylation is 1. The molecule has 0 bridgehead atoms. The fraction of sp³-hybridized carbons (Fsp3) is 0.308. The Morgan fingerprint density at radius 2 is 2.19 bits per heavy atom. The first-order chi connectivity index (χ1) is 7.79.